The van der Waals surface area contributed by atoms with Crippen LogP contribution in [0.2, 0.25) is 0 Å². The van der Waals surface area contributed by atoms with Crippen LogP contribution in [-0.4, -0.2) is 52.0 Å². The molecule has 0 aliphatic carbocycles. The Balaban J connectivity index is 1.42. The fraction of sp³-hybridized carbons (Fsp3) is 0.500. The van der Waals surface area contributed by atoms with Gasteiger partial charge in [0.1, 0.15) is 5.82 Å². The van der Waals surface area contributed by atoms with Gasteiger partial charge in [-0.2, -0.15) is 11.8 Å². The van der Waals surface area contributed by atoms with Gasteiger partial charge in [-0.15, -0.1) is 0 Å². The molecule has 0 spiro atoms. The van der Waals surface area contributed by atoms with Crippen LogP contribution >= 0.6 is 11.8 Å². The summed E-state index contributed by atoms with van der Waals surface area (Å²) in [6.45, 7) is 2.43. The van der Waals surface area contributed by atoms with Gasteiger partial charge in [0.15, 0.2) is 0 Å². The lowest BCUT2D eigenvalue weighted by molar-refractivity contribution is 0.202. The van der Waals surface area contributed by atoms with E-state index in [-0.39, 0.29) is 6.03 Å². The number of thioether (sulfide) groups is 1. The number of urea groups is 1. The van der Waals surface area contributed by atoms with Crippen molar-refractivity contribution >= 4 is 28.8 Å². The number of rotatable bonds is 4. The molecule has 1 aliphatic heterocycles. The summed E-state index contributed by atoms with van der Waals surface area (Å²) in [6.07, 6.45) is 2.84. The molecule has 2 heterocycles. The van der Waals surface area contributed by atoms with Crippen LogP contribution in [0.25, 0.3) is 11.0 Å². The summed E-state index contributed by atoms with van der Waals surface area (Å²) < 4.78 is 0. The number of nitrogens with zero attached hydrogens (tertiary/aromatic N) is 2. The predicted octanol–water partition coefficient (Wildman–Crippen LogP) is 2.64. The van der Waals surface area contributed by atoms with Crippen LogP contribution in [0, 0.1) is 0 Å². The van der Waals surface area contributed by atoms with E-state index >= 15 is 0 Å². The zero-order valence-electron chi connectivity index (χ0n) is 12.7. The third-order valence-corrected chi connectivity index (χ3v) is 4.86. The minimum absolute atomic E-state index is 0.0760. The fourth-order valence-electron chi connectivity index (χ4n) is 2.64. The lowest BCUT2D eigenvalue weighted by Crippen LogP contribution is -2.41. The third kappa shape index (κ3) is 3.94. The van der Waals surface area contributed by atoms with E-state index in [1.54, 1.807) is 0 Å². The molecule has 1 aliphatic rings. The molecular weight excluding hydrogens is 296 g/mol. The number of aromatic amines is 1. The molecule has 0 radical (unpaired) electrons. The number of amides is 2. The van der Waals surface area contributed by atoms with Crippen molar-refractivity contribution in [3.63, 3.8) is 0 Å². The maximum atomic E-state index is 12.1. The molecule has 1 saturated heterocycles. The van der Waals surface area contributed by atoms with E-state index in [0.717, 1.165) is 60.7 Å². The van der Waals surface area contributed by atoms with E-state index in [1.165, 1.54) is 0 Å². The van der Waals surface area contributed by atoms with Gasteiger partial charge in [-0.1, -0.05) is 12.1 Å². The van der Waals surface area contributed by atoms with Gasteiger partial charge in [0.2, 0.25) is 0 Å². The Labute approximate surface area is 134 Å². The molecule has 22 heavy (non-hydrogen) atoms. The van der Waals surface area contributed by atoms with Crippen molar-refractivity contribution < 1.29 is 4.79 Å². The molecule has 118 valence electrons. The number of para-hydroxylation sites is 2. The number of H-pyrrole nitrogens is 1. The SMILES string of the molecule is O=C(NCCCc1nc2ccccc2[nH]1)N1CCCSCC1. The lowest BCUT2D eigenvalue weighted by Gasteiger charge is -2.20. The molecule has 0 saturated carbocycles. The van der Waals surface area contributed by atoms with Crippen molar-refractivity contribution in [3.05, 3.63) is 30.1 Å². The van der Waals surface area contributed by atoms with Crippen molar-refractivity contribution in [2.24, 2.45) is 0 Å². The van der Waals surface area contributed by atoms with Gasteiger partial charge in [-0.05, 0) is 30.7 Å². The van der Waals surface area contributed by atoms with Gasteiger partial charge in [0.25, 0.3) is 0 Å². The Kier molecular flexibility index (Phi) is 5.21. The van der Waals surface area contributed by atoms with E-state index in [0.29, 0.717) is 6.54 Å². The summed E-state index contributed by atoms with van der Waals surface area (Å²) in [5.74, 6) is 3.20. The highest BCUT2D eigenvalue weighted by atomic mass is 32.2. The maximum absolute atomic E-state index is 12.1. The molecule has 2 amide bonds. The van der Waals surface area contributed by atoms with Gasteiger partial charge >= 0.3 is 6.03 Å². The van der Waals surface area contributed by atoms with Gasteiger partial charge in [0.05, 0.1) is 11.0 Å². The van der Waals surface area contributed by atoms with Crippen LogP contribution in [0.1, 0.15) is 18.7 Å². The summed E-state index contributed by atoms with van der Waals surface area (Å²) in [5.41, 5.74) is 2.08. The lowest BCUT2D eigenvalue weighted by atomic mass is 10.3. The molecular formula is C16H22N4OS. The number of carbonyl (C=O) groups excluding carboxylic acids is 1. The fourth-order valence-corrected chi connectivity index (χ4v) is 3.52. The van der Waals surface area contributed by atoms with Crippen LogP contribution < -0.4 is 5.32 Å². The Morgan fingerprint density at radius 1 is 1.32 bits per heavy atom. The topological polar surface area (TPSA) is 61.0 Å². The number of aryl methyl sites for hydroxylation is 1. The molecule has 3 rings (SSSR count). The molecule has 0 bridgehead atoms. The van der Waals surface area contributed by atoms with Crippen LogP contribution in [-0.2, 0) is 6.42 Å². The Hall–Kier alpha value is -1.69. The van der Waals surface area contributed by atoms with Crippen molar-refractivity contribution in [1.82, 2.24) is 20.2 Å². The van der Waals surface area contributed by atoms with Crippen LogP contribution in [0.3, 0.4) is 0 Å². The van der Waals surface area contributed by atoms with Crippen LogP contribution in [0.15, 0.2) is 24.3 Å². The van der Waals surface area contributed by atoms with E-state index in [2.05, 4.69) is 15.3 Å². The molecule has 2 aromatic rings. The van der Waals surface area contributed by atoms with Crippen molar-refractivity contribution in [3.8, 4) is 0 Å². The number of fused-ring (bicyclic) bond motifs is 1. The number of benzene rings is 1. The first-order chi connectivity index (χ1) is 10.8. The number of carbonyl (C=O) groups is 1. The molecule has 0 unspecified atom stereocenters. The summed E-state index contributed by atoms with van der Waals surface area (Å²) >= 11 is 1.93. The van der Waals surface area contributed by atoms with Crippen LogP contribution in [0.4, 0.5) is 4.79 Å². The first-order valence-corrected chi connectivity index (χ1v) is 9.02. The van der Waals surface area contributed by atoms with Crippen molar-refractivity contribution in [2.45, 2.75) is 19.3 Å². The minimum Gasteiger partial charge on any atom is -0.342 e. The number of imidazole rings is 1. The smallest absolute Gasteiger partial charge is 0.317 e. The monoisotopic (exact) mass is 318 g/mol. The normalized spacial score (nSPS) is 15.7. The van der Waals surface area contributed by atoms with E-state index in [9.17, 15) is 4.79 Å². The highest BCUT2D eigenvalue weighted by Gasteiger charge is 2.14. The van der Waals surface area contributed by atoms with Crippen molar-refractivity contribution in [2.75, 3.05) is 31.1 Å². The Bertz CT molecular complexity index is 586. The number of aromatic nitrogens is 2. The van der Waals surface area contributed by atoms with Crippen LogP contribution in [0.5, 0.6) is 0 Å². The first-order valence-electron chi connectivity index (χ1n) is 7.87. The summed E-state index contributed by atoms with van der Waals surface area (Å²) in [7, 11) is 0. The van der Waals surface area contributed by atoms with E-state index in [4.69, 9.17) is 0 Å². The summed E-state index contributed by atoms with van der Waals surface area (Å²) in [5, 5.41) is 3.02. The summed E-state index contributed by atoms with van der Waals surface area (Å²) in [6, 6.07) is 8.11. The second-order valence-corrected chi connectivity index (χ2v) is 6.71. The largest absolute Gasteiger partial charge is 0.342 e. The molecule has 5 nitrogen and oxygen atoms in total. The van der Waals surface area contributed by atoms with Crippen molar-refractivity contribution in [1.29, 1.82) is 0 Å². The summed E-state index contributed by atoms with van der Waals surface area (Å²) in [4.78, 5) is 21.9. The average molecular weight is 318 g/mol. The third-order valence-electron chi connectivity index (χ3n) is 3.81. The maximum Gasteiger partial charge on any atom is 0.317 e. The number of hydrogen-bond acceptors (Lipinski definition) is 3. The predicted molar refractivity (Wildman–Crippen MR) is 91.3 cm³/mol. The van der Waals surface area contributed by atoms with E-state index in [1.807, 2.05) is 40.9 Å². The Morgan fingerprint density at radius 3 is 3.14 bits per heavy atom. The standard InChI is InChI=1S/C16H22N4OS/c21-16(20-9-4-11-22-12-10-20)17-8-3-7-15-18-13-5-1-2-6-14(13)19-15/h1-2,5-6H,3-4,7-12H2,(H,17,21)(H,18,19). The quantitative estimate of drug-likeness (QED) is 0.852. The molecule has 2 N–H and O–H groups in total. The molecule has 6 heteroatoms. The number of hydrogen-bond donors (Lipinski definition) is 2. The Morgan fingerprint density at radius 2 is 2.23 bits per heavy atom. The molecule has 1 fully saturated rings. The molecule has 1 aromatic carbocycles. The molecule has 1 aromatic heterocycles. The van der Waals surface area contributed by atoms with Gasteiger partial charge in [0, 0.05) is 31.8 Å². The molecule has 0 atom stereocenters. The second-order valence-electron chi connectivity index (χ2n) is 5.49. The number of nitrogens with one attached hydrogen (secondary N) is 2. The zero-order valence-corrected chi connectivity index (χ0v) is 13.5. The highest BCUT2D eigenvalue weighted by molar-refractivity contribution is 7.99. The van der Waals surface area contributed by atoms with Gasteiger partial charge < -0.3 is 15.2 Å². The zero-order chi connectivity index (χ0) is 15.2. The van der Waals surface area contributed by atoms with Gasteiger partial charge in [-0.25, -0.2) is 9.78 Å². The highest BCUT2D eigenvalue weighted by Crippen LogP contribution is 2.11. The van der Waals surface area contributed by atoms with E-state index < -0.39 is 0 Å². The second kappa shape index (κ2) is 7.54. The average Bonchev–Trinajstić information content (AvgIpc) is 2.75. The first kappa shape index (κ1) is 15.2. The van der Waals surface area contributed by atoms with Gasteiger partial charge in [-0.3, -0.25) is 0 Å². The minimum atomic E-state index is 0.0760.